The minimum atomic E-state index is 0.631. The normalized spacial score (nSPS) is 14.5. The zero-order valence-electron chi connectivity index (χ0n) is 11.2. The lowest BCUT2D eigenvalue weighted by molar-refractivity contribution is 0.110. The lowest BCUT2D eigenvalue weighted by Crippen LogP contribution is -2.15. The topological polar surface area (TPSA) is 34.2 Å². The third-order valence-electron chi connectivity index (χ3n) is 3.51. The smallest absolute Gasteiger partial charge is 0.0756 e. The van der Waals surface area contributed by atoms with E-state index in [9.17, 15) is 0 Å². The third-order valence-corrected chi connectivity index (χ3v) is 3.73. The second kappa shape index (κ2) is 4.99. The molecule has 0 amide bonds. The molecule has 0 unspecified atom stereocenters. The van der Waals surface area contributed by atoms with Crippen LogP contribution in [0.5, 0.6) is 0 Å². The van der Waals surface area contributed by atoms with Crippen molar-refractivity contribution in [2.45, 2.75) is 26.9 Å². The van der Waals surface area contributed by atoms with Gasteiger partial charge in [-0.1, -0.05) is 11.6 Å². The van der Waals surface area contributed by atoms with Crippen LogP contribution in [0.15, 0.2) is 12.1 Å². The minimum absolute atomic E-state index is 0.631. The van der Waals surface area contributed by atoms with Crippen LogP contribution in [-0.4, -0.2) is 18.1 Å². The summed E-state index contributed by atoms with van der Waals surface area (Å²) in [6, 6.07) is 3.96. The molecule has 2 heterocycles. The first-order valence-electron chi connectivity index (χ1n) is 6.64. The van der Waals surface area contributed by atoms with Gasteiger partial charge in [0.1, 0.15) is 0 Å². The Morgan fingerprint density at radius 2 is 2.26 bits per heavy atom. The molecule has 1 N–H and O–H groups in total. The second-order valence-corrected chi connectivity index (χ2v) is 5.30. The second-order valence-electron chi connectivity index (χ2n) is 4.86. The molecule has 19 heavy (non-hydrogen) atoms. The van der Waals surface area contributed by atoms with E-state index in [-0.39, 0.29) is 0 Å². The number of ether oxygens (including phenoxy) is 1. The van der Waals surface area contributed by atoms with Crippen molar-refractivity contribution in [2.24, 2.45) is 0 Å². The Morgan fingerprint density at radius 3 is 3.05 bits per heavy atom. The molecule has 1 aliphatic rings. The average molecular weight is 277 g/mol. The van der Waals surface area contributed by atoms with Gasteiger partial charge in [-0.25, -0.2) is 0 Å². The SMILES string of the molecule is CCNc1c2c(nc3c(C)cc(Cl)cc13)CCOC2. The summed E-state index contributed by atoms with van der Waals surface area (Å²) in [5.41, 5.74) is 5.63. The number of fused-ring (bicyclic) bond motifs is 2. The number of rotatable bonds is 2. The van der Waals surface area contributed by atoms with Crippen molar-refractivity contribution in [1.82, 2.24) is 4.98 Å². The lowest BCUT2D eigenvalue weighted by Gasteiger charge is -2.22. The maximum atomic E-state index is 6.19. The number of aromatic nitrogens is 1. The zero-order chi connectivity index (χ0) is 13.4. The Labute approximate surface area is 117 Å². The quantitative estimate of drug-likeness (QED) is 0.908. The van der Waals surface area contributed by atoms with Crippen molar-refractivity contribution < 1.29 is 4.74 Å². The third kappa shape index (κ3) is 2.17. The van der Waals surface area contributed by atoms with E-state index in [1.165, 1.54) is 5.56 Å². The summed E-state index contributed by atoms with van der Waals surface area (Å²) in [5.74, 6) is 0. The van der Waals surface area contributed by atoms with E-state index >= 15 is 0 Å². The lowest BCUT2D eigenvalue weighted by atomic mass is 10.0. The molecule has 100 valence electrons. The van der Waals surface area contributed by atoms with Gasteiger partial charge in [0.15, 0.2) is 0 Å². The Balaban J connectivity index is 2.35. The van der Waals surface area contributed by atoms with Crippen molar-refractivity contribution in [1.29, 1.82) is 0 Å². The molecular formula is C15H17ClN2O. The molecule has 2 aromatic rings. The highest BCUT2D eigenvalue weighted by molar-refractivity contribution is 6.31. The number of halogens is 1. The molecule has 0 aliphatic carbocycles. The van der Waals surface area contributed by atoms with Crippen LogP contribution in [0.1, 0.15) is 23.7 Å². The zero-order valence-corrected chi connectivity index (χ0v) is 12.0. The minimum Gasteiger partial charge on any atom is -0.384 e. The molecule has 1 aliphatic heterocycles. The highest BCUT2D eigenvalue weighted by Gasteiger charge is 2.19. The summed E-state index contributed by atoms with van der Waals surface area (Å²) >= 11 is 6.19. The van der Waals surface area contributed by atoms with Gasteiger partial charge in [-0.15, -0.1) is 0 Å². The summed E-state index contributed by atoms with van der Waals surface area (Å²) in [7, 11) is 0. The fraction of sp³-hybridized carbons (Fsp3) is 0.400. The Kier molecular flexibility index (Phi) is 3.33. The van der Waals surface area contributed by atoms with Crippen molar-refractivity contribution in [2.75, 3.05) is 18.5 Å². The first-order valence-corrected chi connectivity index (χ1v) is 7.01. The van der Waals surface area contributed by atoms with Crippen LogP contribution in [0, 0.1) is 6.92 Å². The van der Waals surface area contributed by atoms with Crippen LogP contribution < -0.4 is 5.32 Å². The van der Waals surface area contributed by atoms with E-state index in [4.69, 9.17) is 21.3 Å². The number of benzene rings is 1. The number of hydrogen-bond donors (Lipinski definition) is 1. The van der Waals surface area contributed by atoms with E-state index in [2.05, 4.69) is 19.2 Å². The number of nitrogens with one attached hydrogen (secondary N) is 1. The van der Waals surface area contributed by atoms with Crippen LogP contribution in [0.2, 0.25) is 5.02 Å². The molecule has 0 bridgehead atoms. The van der Waals surface area contributed by atoms with Crippen LogP contribution >= 0.6 is 11.6 Å². The Bertz CT molecular complexity index is 640. The van der Waals surface area contributed by atoms with E-state index in [0.29, 0.717) is 6.61 Å². The van der Waals surface area contributed by atoms with Gasteiger partial charge in [0.2, 0.25) is 0 Å². The van der Waals surface area contributed by atoms with Crippen LogP contribution in [0.25, 0.3) is 10.9 Å². The molecule has 4 heteroatoms. The predicted molar refractivity (Wildman–Crippen MR) is 79.0 cm³/mol. The van der Waals surface area contributed by atoms with Gasteiger partial charge in [0.25, 0.3) is 0 Å². The number of hydrogen-bond acceptors (Lipinski definition) is 3. The molecular weight excluding hydrogens is 260 g/mol. The van der Waals surface area contributed by atoms with Crippen molar-refractivity contribution >= 4 is 28.2 Å². The van der Waals surface area contributed by atoms with Gasteiger partial charge < -0.3 is 10.1 Å². The molecule has 3 nitrogen and oxygen atoms in total. The van der Waals surface area contributed by atoms with Gasteiger partial charge in [0, 0.05) is 28.9 Å². The summed E-state index contributed by atoms with van der Waals surface area (Å²) in [5, 5.41) is 5.30. The monoisotopic (exact) mass is 276 g/mol. The standard InChI is InChI=1S/C15H17ClN2O/c1-3-17-15-11-7-10(16)6-9(2)14(11)18-13-4-5-19-8-12(13)15/h6-7H,3-5,8H2,1-2H3,(H,17,18). The van der Waals surface area contributed by atoms with Crippen molar-refractivity contribution in [3.8, 4) is 0 Å². The number of anilines is 1. The molecule has 0 saturated heterocycles. The van der Waals surface area contributed by atoms with Gasteiger partial charge in [-0.3, -0.25) is 4.98 Å². The molecule has 1 aromatic carbocycles. The number of aryl methyl sites for hydroxylation is 1. The maximum absolute atomic E-state index is 6.19. The van der Waals surface area contributed by atoms with Gasteiger partial charge in [-0.05, 0) is 31.5 Å². The largest absolute Gasteiger partial charge is 0.384 e. The fourth-order valence-corrected chi connectivity index (χ4v) is 2.94. The Hall–Kier alpha value is -1.32. The summed E-state index contributed by atoms with van der Waals surface area (Å²) < 4.78 is 5.58. The van der Waals surface area contributed by atoms with Gasteiger partial charge >= 0.3 is 0 Å². The highest BCUT2D eigenvalue weighted by atomic mass is 35.5. The van der Waals surface area contributed by atoms with Crippen LogP contribution in [0.4, 0.5) is 5.69 Å². The molecule has 0 fully saturated rings. The predicted octanol–water partition coefficient (Wildman–Crippen LogP) is 3.70. The van der Waals surface area contributed by atoms with Gasteiger partial charge in [-0.2, -0.15) is 0 Å². The first-order chi connectivity index (χ1) is 9.20. The Morgan fingerprint density at radius 1 is 1.42 bits per heavy atom. The van der Waals surface area contributed by atoms with Crippen LogP contribution in [0.3, 0.4) is 0 Å². The number of pyridine rings is 1. The molecule has 0 spiro atoms. The molecule has 0 atom stereocenters. The van der Waals surface area contributed by atoms with E-state index in [1.807, 2.05) is 12.1 Å². The summed E-state index contributed by atoms with van der Waals surface area (Å²) in [4.78, 5) is 4.82. The van der Waals surface area contributed by atoms with Crippen molar-refractivity contribution in [3.05, 3.63) is 34.0 Å². The van der Waals surface area contributed by atoms with E-state index < -0.39 is 0 Å². The summed E-state index contributed by atoms with van der Waals surface area (Å²) in [6.45, 7) is 6.41. The molecule has 1 aromatic heterocycles. The van der Waals surface area contributed by atoms with Crippen LogP contribution in [-0.2, 0) is 17.8 Å². The van der Waals surface area contributed by atoms with Crippen molar-refractivity contribution in [3.63, 3.8) is 0 Å². The molecule has 0 radical (unpaired) electrons. The van der Waals surface area contributed by atoms with E-state index in [0.717, 1.165) is 52.4 Å². The van der Waals surface area contributed by atoms with E-state index in [1.54, 1.807) is 0 Å². The highest BCUT2D eigenvalue weighted by Crippen LogP contribution is 2.34. The molecule has 0 saturated carbocycles. The summed E-state index contributed by atoms with van der Waals surface area (Å²) in [6.07, 6.45) is 0.881. The molecule has 3 rings (SSSR count). The fourth-order valence-electron chi connectivity index (χ4n) is 2.67. The first kappa shape index (κ1) is 12.7. The number of nitrogens with zero attached hydrogens (tertiary/aromatic N) is 1. The average Bonchev–Trinajstić information content (AvgIpc) is 2.40. The maximum Gasteiger partial charge on any atom is 0.0756 e. The van der Waals surface area contributed by atoms with Gasteiger partial charge in [0.05, 0.1) is 30.1 Å².